The second-order valence-electron chi connectivity index (χ2n) is 5.82. The van der Waals surface area contributed by atoms with Crippen molar-refractivity contribution in [1.29, 1.82) is 0 Å². The van der Waals surface area contributed by atoms with Gasteiger partial charge in [0.15, 0.2) is 0 Å². The van der Waals surface area contributed by atoms with Crippen LogP contribution in [-0.4, -0.2) is 16.8 Å². The summed E-state index contributed by atoms with van der Waals surface area (Å²) < 4.78 is 0. The average Bonchev–Trinajstić information content (AvgIpc) is 2.80. The predicted molar refractivity (Wildman–Crippen MR) is 94.1 cm³/mol. The number of amides is 2. The molecule has 0 aliphatic heterocycles. The number of carbonyl (C=O) groups is 2. The van der Waals surface area contributed by atoms with Crippen molar-refractivity contribution in [3.63, 3.8) is 0 Å². The Hall–Kier alpha value is -2.21. The lowest BCUT2D eigenvalue weighted by Gasteiger charge is -2.08. The highest BCUT2D eigenvalue weighted by Crippen LogP contribution is 2.23. The number of thiazole rings is 1. The Bertz CT molecular complexity index is 705. The van der Waals surface area contributed by atoms with Gasteiger partial charge in [0.25, 0.3) is 5.91 Å². The molecule has 2 amide bonds. The summed E-state index contributed by atoms with van der Waals surface area (Å²) in [5.41, 5.74) is 1.87. The van der Waals surface area contributed by atoms with E-state index in [-0.39, 0.29) is 11.8 Å². The molecular formula is C17H21N3O2S. The van der Waals surface area contributed by atoms with Crippen LogP contribution in [0.1, 0.15) is 41.1 Å². The standard InChI is InChI=1S/C17H21N3O2S/c1-10(2)9-15-16(19-12(4)23-15)17(22)20-14-7-5-13(6-8-14)18-11(3)21/h5-8,10H,9H2,1-4H3,(H,18,21)(H,20,22). The summed E-state index contributed by atoms with van der Waals surface area (Å²) in [5, 5.41) is 6.44. The zero-order valence-corrected chi connectivity index (χ0v) is 14.6. The molecule has 122 valence electrons. The smallest absolute Gasteiger partial charge is 0.275 e. The highest BCUT2D eigenvalue weighted by atomic mass is 32.1. The van der Waals surface area contributed by atoms with Crippen molar-refractivity contribution in [2.75, 3.05) is 10.6 Å². The predicted octanol–water partition coefficient (Wildman–Crippen LogP) is 3.86. The van der Waals surface area contributed by atoms with Crippen molar-refractivity contribution in [1.82, 2.24) is 4.98 Å². The number of rotatable bonds is 5. The number of hydrogen-bond donors (Lipinski definition) is 2. The summed E-state index contributed by atoms with van der Waals surface area (Å²) in [4.78, 5) is 28.8. The van der Waals surface area contributed by atoms with Crippen LogP contribution >= 0.6 is 11.3 Å². The monoisotopic (exact) mass is 331 g/mol. The molecule has 0 aliphatic carbocycles. The number of aromatic nitrogens is 1. The van der Waals surface area contributed by atoms with E-state index in [1.807, 2.05) is 6.92 Å². The molecule has 0 bridgehead atoms. The molecule has 1 heterocycles. The van der Waals surface area contributed by atoms with E-state index >= 15 is 0 Å². The number of anilines is 2. The topological polar surface area (TPSA) is 71.1 Å². The molecule has 0 saturated carbocycles. The Labute approximate surface area is 140 Å². The van der Waals surface area contributed by atoms with Crippen LogP contribution in [0.25, 0.3) is 0 Å². The Morgan fingerprint density at radius 2 is 1.70 bits per heavy atom. The Morgan fingerprint density at radius 1 is 1.13 bits per heavy atom. The minimum atomic E-state index is -0.197. The van der Waals surface area contributed by atoms with Crippen LogP contribution in [-0.2, 0) is 11.2 Å². The SMILES string of the molecule is CC(=O)Nc1ccc(NC(=O)c2nc(C)sc2CC(C)C)cc1. The lowest BCUT2D eigenvalue weighted by atomic mass is 10.1. The molecule has 1 aromatic heterocycles. The fraction of sp³-hybridized carbons (Fsp3) is 0.353. The van der Waals surface area contributed by atoms with Gasteiger partial charge >= 0.3 is 0 Å². The molecular weight excluding hydrogens is 310 g/mol. The Balaban J connectivity index is 2.11. The Kier molecular flexibility index (Phi) is 5.50. The van der Waals surface area contributed by atoms with Gasteiger partial charge in [-0.2, -0.15) is 0 Å². The summed E-state index contributed by atoms with van der Waals surface area (Å²) in [6.07, 6.45) is 0.843. The summed E-state index contributed by atoms with van der Waals surface area (Å²) in [7, 11) is 0. The van der Waals surface area contributed by atoms with Gasteiger partial charge in [-0.1, -0.05) is 13.8 Å². The number of hydrogen-bond acceptors (Lipinski definition) is 4. The van der Waals surface area contributed by atoms with E-state index in [4.69, 9.17) is 0 Å². The van der Waals surface area contributed by atoms with E-state index in [1.165, 1.54) is 6.92 Å². The molecule has 0 saturated heterocycles. The van der Waals surface area contributed by atoms with E-state index in [9.17, 15) is 9.59 Å². The van der Waals surface area contributed by atoms with Gasteiger partial charge in [-0.05, 0) is 43.5 Å². The third kappa shape index (κ3) is 4.89. The fourth-order valence-corrected chi connectivity index (χ4v) is 3.33. The largest absolute Gasteiger partial charge is 0.326 e. The van der Waals surface area contributed by atoms with Crippen LogP contribution in [0, 0.1) is 12.8 Å². The first kappa shape index (κ1) is 17.1. The maximum atomic E-state index is 12.5. The number of benzene rings is 1. The van der Waals surface area contributed by atoms with E-state index in [0.717, 1.165) is 16.3 Å². The lowest BCUT2D eigenvalue weighted by molar-refractivity contribution is -0.114. The van der Waals surface area contributed by atoms with Crippen LogP contribution in [0.15, 0.2) is 24.3 Å². The number of nitrogens with zero attached hydrogens (tertiary/aromatic N) is 1. The minimum absolute atomic E-state index is 0.127. The molecule has 0 atom stereocenters. The van der Waals surface area contributed by atoms with Crippen molar-refractivity contribution in [2.24, 2.45) is 5.92 Å². The third-order valence-corrected chi connectivity index (χ3v) is 4.07. The number of nitrogens with one attached hydrogen (secondary N) is 2. The average molecular weight is 331 g/mol. The van der Waals surface area contributed by atoms with E-state index < -0.39 is 0 Å². The maximum absolute atomic E-state index is 12.5. The zero-order chi connectivity index (χ0) is 17.0. The van der Waals surface area contributed by atoms with Crippen LogP contribution in [0.4, 0.5) is 11.4 Å². The van der Waals surface area contributed by atoms with Crippen LogP contribution in [0.3, 0.4) is 0 Å². The highest BCUT2D eigenvalue weighted by Gasteiger charge is 2.17. The van der Waals surface area contributed by atoms with Gasteiger partial charge in [0.05, 0.1) is 5.01 Å². The summed E-state index contributed by atoms with van der Waals surface area (Å²) in [5.74, 6) is 0.147. The molecule has 0 aliphatic rings. The Morgan fingerprint density at radius 3 is 2.22 bits per heavy atom. The van der Waals surface area contributed by atoms with Crippen LogP contribution < -0.4 is 10.6 Å². The van der Waals surface area contributed by atoms with Gasteiger partial charge in [-0.15, -0.1) is 11.3 Å². The van der Waals surface area contributed by atoms with E-state index in [0.29, 0.717) is 23.0 Å². The second kappa shape index (κ2) is 7.37. The zero-order valence-electron chi connectivity index (χ0n) is 13.8. The maximum Gasteiger partial charge on any atom is 0.275 e. The molecule has 0 fully saturated rings. The molecule has 2 N–H and O–H groups in total. The van der Waals surface area contributed by atoms with E-state index in [2.05, 4.69) is 29.5 Å². The van der Waals surface area contributed by atoms with Gasteiger partial charge in [-0.25, -0.2) is 4.98 Å². The van der Waals surface area contributed by atoms with Gasteiger partial charge in [0.2, 0.25) is 5.91 Å². The molecule has 2 aromatic rings. The van der Waals surface area contributed by atoms with Crippen molar-refractivity contribution < 1.29 is 9.59 Å². The summed E-state index contributed by atoms with van der Waals surface area (Å²) in [6.45, 7) is 7.61. The van der Waals surface area contributed by atoms with Gasteiger partial charge in [0, 0.05) is 23.2 Å². The molecule has 2 rings (SSSR count). The van der Waals surface area contributed by atoms with Crippen molar-refractivity contribution in [3.05, 3.63) is 39.8 Å². The minimum Gasteiger partial charge on any atom is -0.326 e. The first-order chi connectivity index (χ1) is 10.8. The van der Waals surface area contributed by atoms with Crippen LogP contribution in [0.2, 0.25) is 0 Å². The molecule has 0 unspecified atom stereocenters. The van der Waals surface area contributed by atoms with Gasteiger partial charge < -0.3 is 10.6 Å². The lowest BCUT2D eigenvalue weighted by Crippen LogP contribution is -2.15. The van der Waals surface area contributed by atoms with Gasteiger partial charge in [0.1, 0.15) is 5.69 Å². The van der Waals surface area contributed by atoms with Crippen LogP contribution in [0.5, 0.6) is 0 Å². The van der Waals surface area contributed by atoms with Crippen molar-refractivity contribution in [2.45, 2.75) is 34.1 Å². The molecule has 6 heteroatoms. The molecule has 1 aromatic carbocycles. The van der Waals surface area contributed by atoms with Crippen molar-refractivity contribution in [3.8, 4) is 0 Å². The van der Waals surface area contributed by atoms with Gasteiger partial charge in [-0.3, -0.25) is 9.59 Å². The molecule has 0 spiro atoms. The number of aryl methyl sites for hydroxylation is 1. The second-order valence-corrected chi connectivity index (χ2v) is 7.10. The summed E-state index contributed by atoms with van der Waals surface area (Å²) >= 11 is 1.57. The normalized spacial score (nSPS) is 10.7. The first-order valence-corrected chi connectivity index (χ1v) is 8.32. The summed E-state index contributed by atoms with van der Waals surface area (Å²) in [6, 6.07) is 7.01. The quantitative estimate of drug-likeness (QED) is 0.874. The molecule has 23 heavy (non-hydrogen) atoms. The van der Waals surface area contributed by atoms with Crippen molar-refractivity contribution >= 4 is 34.5 Å². The molecule has 0 radical (unpaired) electrons. The molecule has 5 nitrogen and oxygen atoms in total. The number of carbonyl (C=O) groups excluding carboxylic acids is 2. The first-order valence-electron chi connectivity index (χ1n) is 7.50. The fourth-order valence-electron chi connectivity index (χ4n) is 2.19. The highest BCUT2D eigenvalue weighted by molar-refractivity contribution is 7.11. The van der Waals surface area contributed by atoms with E-state index in [1.54, 1.807) is 35.6 Å². The third-order valence-electron chi connectivity index (χ3n) is 3.08.